The number of hydrogen-bond donors (Lipinski definition) is 1. The zero-order chi connectivity index (χ0) is 10.4. The fraction of sp³-hybridized carbons (Fsp3) is 0.500. The number of anilines is 1. The van der Waals surface area contributed by atoms with E-state index in [-0.39, 0.29) is 0 Å². The summed E-state index contributed by atoms with van der Waals surface area (Å²) in [6.45, 7) is 3.70. The first-order chi connectivity index (χ1) is 6.75. The lowest BCUT2D eigenvalue weighted by Gasteiger charge is -2.08. The summed E-state index contributed by atoms with van der Waals surface area (Å²) in [5, 5.41) is 3.25. The largest absolute Gasteiger partial charge is 0.385 e. The zero-order valence-corrected chi connectivity index (χ0v) is 10.1. The van der Waals surface area contributed by atoms with Crippen LogP contribution in [0.15, 0.2) is 16.7 Å². The fourth-order valence-electron chi connectivity index (χ4n) is 1.09. The van der Waals surface area contributed by atoms with E-state index in [1.807, 2.05) is 13.0 Å². The third kappa shape index (κ3) is 3.27. The van der Waals surface area contributed by atoms with E-state index in [1.165, 1.54) is 5.56 Å². The Morgan fingerprint density at radius 3 is 3.07 bits per heavy atom. The SMILES string of the molecule is COCCCNc1nccc(C)c1Br. The Morgan fingerprint density at radius 2 is 2.36 bits per heavy atom. The number of pyridine rings is 1. The lowest BCUT2D eigenvalue weighted by Crippen LogP contribution is -2.06. The van der Waals surface area contributed by atoms with Gasteiger partial charge in [0.1, 0.15) is 5.82 Å². The van der Waals surface area contributed by atoms with Gasteiger partial charge in [-0.1, -0.05) is 0 Å². The number of ether oxygens (including phenoxy) is 1. The van der Waals surface area contributed by atoms with Crippen LogP contribution in [0.2, 0.25) is 0 Å². The summed E-state index contributed by atoms with van der Waals surface area (Å²) in [6.07, 6.45) is 2.79. The molecule has 0 radical (unpaired) electrons. The minimum atomic E-state index is 0.774. The number of nitrogens with one attached hydrogen (secondary N) is 1. The van der Waals surface area contributed by atoms with Gasteiger partial charge in [-0.15, -0.1) is 0 Å². The van der Waals surface area contributed by atoms with Crippen LogP contribution in [0, 0.1) is 6.92 Å². The number of nitrogens with zero attached hydrogens (tertiary/aromatic N) is 1. The molecule has 1 aromatic heterocycles. The van der Waals surface area contributed by atoms with Crippen molar-refractivity contribution in [3.05, 3.63) is 22.3 Å². The minimum absolute atomic E-state index is 0.774. The highest BCUT2D eigenvalue weighted by Crippen LogP contribution is 2.22. The standard InChI is InChI=1S/C10H15BrN2O/c1-8-4-6-13-10(9(8)11)12-5-3-7-14-2/h4,6H,3,5,7H2,1-2H3,(H,12,13). The minimum Gasteiger partial charge on any atom is -0.385 e. The molecule has 1 rings (SSSR count). The Bertz CT molecular complexity index is 291. The molecule has 0 saturated heterocycles. The van der Waals surface area contributed by atoms with Gasteiger partial charge >= 0.3 is 0 Å². The topological polar surface area (TPSA) is 34.1 Å². The van der Waals surface area contributed by atoms with Crippen LogP contribution in [-0.2, 0) is 4.74 Å². The van der Waals surface area contributed by atoms with Gasteiger partial charge in [0.25, 0.3) is 0 Å². The van der Waals surface area contributed by atoms with E-state index < -0.39 is 0 Å². The van der Waals surface area contributed by atoms with E-state index in [1.54, 1.807) is 13.3 Å². The van der Waals surface area contributed by atoms with Crippen LogP contribution < -0.4 is 5.32 Å². The van der Waals surface area contributed by atoms with Crippen molar-refractivity contribution >= 4 is 21.7 Å². The van der Waals surface area contributed by atoms with Crippen molar-refractivity contribution in [2.45, 2.75) is 13.3 Å². The van der Waals surface area contributed by atoms with E-state index in [0.717, 1.165) is 29.9 Å². The van der Waals surface area contributed by atoms with E-state index in [0.29, 0.717) is 0 Å². The molecule has 0 spiro atoms. The van der Waals surface area contributed by atoms with E-state index in [9.17, 15) is 0 Å². The first-order valence-corrected chi connectivity index (χ1v) is 5.39. The molecule has 0 atom stereocenters. The molecule has 0 amide bonds. The Balaban J connectivity index is 2.46. The summed E-state index contributed by atoms with van der Waals surface area (Å²) < 4.78 is 6.00. The summed E-state index contributed by atoms with van der Waals surface area (Å²) in [5.74, 6) is 0.904. The van der Waals surface area contributed by atoms with Gasteiger partial charge < -0.3 is 10.1 Å². The van der Waals surface area contributed by atoms with Crippen molar-refractivity contribution in [1.82, 2.24) is 4.98 Å². The molecule has 0 unspecified atom stereocenters. The Hall–Kier alpha value is -0.610. The number of aromatic nitrogens is 1. The van der Waals surface area contributed by atoms with Crippen LogP contribution in [0.4, 0.5) is 5.82 Å². The van der Waals surface area contributed by atoms with Crippen LogP contribution >= 0.6 is 15.9 Å². The predicted molar refractivity (Wildman–Crippen MR) is 61.7 cm³/mol. The number of methoxy groups -OCH3 is 1. The van der Waals surface area contributed by atoms with Crippen LogP contribution in [0.3, 0.4) is 0 Å². The molecule has 0 bridgehead atoms. The third-order valence-corrected chi connectivity index (χ3v) is 2.90. The first kappa shape index (κ1) is 11.5. The second kappa shape index (κ2) is 5.98. The number of rotatable bonds is 5. The molecule has 4 heteroatoms. The molecule has 0 aliphatic rings. The first-order valence-electron chi connectivity index (χ1n) is 4.59. The van der Waals surface area contributed by atoms with Gasteiger partial charge in [-0.25, -0.2) is 4.98 Å². The molecular weight excluding hydrogens is 244 g/mol. The number of halogens is 1. The van der Waals surface area contributed by atoms with Crippen molar-refractivity contribution in [2.24, 2.45) is 0 Å². The van der Waals surface area contributed by atoms with Crippen LogP contribution in [0.1, 0.15) is 12.0 Å². The molecule has 14 heavy (non-hydrogen) atoms. The quantitative estimate of drug-likeness (QED) is 0.825. The van der Waals surface area contributed by atoms with Crippen LogP contribution in [-0.4, -0.2) is 25.2 Å². The van der Waals surface area contributed by atoms with Gasteiger partial charge in [0.2, 0.25) is 0 Å². The number of hydrogen-bond acceptors (Lipinski definition) is 3. The Labute approximate surface area is 93.0 Å². The molecule has 3 nitrogen and oxygen atoms in total. The number of aryl methyl sites for hydroxylation is 1. The van der Waals surface area contributed by atoms with E-state index in [2.05, 4.69) is 26.2 Å². The average molecular weight is 259 g/mol. The maximum atomic E-state index is 4.96. The Kier molecular flexibility index (Phi) is 4.90. The maximum absolute atomic E-state index is 4.96. The summed E-state index contributed by atoms with van der Waals surface area (Å²) >= 11 is 3.49. The lowest BCUT2D eigenvalue weighted by molar-refractivity contribution is 0.197. The summed E-state index contributed by atoms with van der Waals surface area (Å²) in [5.41, 5.74) is 1.19. The molecule has 0 aliphatic heterocycles. The third-order valence-electron chi connectivity index (χ3n) is 1.90. The molecule has 1 aromatic rings. The molecular formula is C10H15BrN2O. The van der Waals surface area contributed by atoms with Gasteiger partial charge in [-0.2, -0.15) is 0 Å². The van der Waals surface area contributed by atoms with Crippen LogP contribution in [0.25, 0.3) is 0 Å². The normalized spacial score (nSPS) is 10.2. The summed E-state index contributed by atoms with van der Waals surface area (Å²) in [6, 6.07) is 1.98. The highest BCUT2D eigenvalue weighted by Gasteiger charge is 2.01. The van der Waals surface area contributed by atoms with Crippen LogP contribution in [0.5, 0.6) is 0 Å². The van der Waals surface area contributed by atoms with Crippen molar-refractivity contribution < 1.29 is 4.74 Å². The molecule has 1 heterocycles. The fourth-order valence-corrected chi connectivity index (χ4v) is 1.46. The Morgan fingerprint density at radius 1 is 1.57 bits per heavy atom. The highest BCUT2D eigenvalue weighted by molar-refractivity contribution is 9.10. The smallest absolute Gasteiger partial charge is 0.140 e. The molecule has 78 valence electrons. The van der Waals surface area contributed by atoms with Crippen molar-refractivity contribution in [3.63, 3.8) is 0 Å². The van der Waals surface area contributed by atoms with Gasteiger partial charge in [-0.3, -0.25) is 0 Å². The molecule has 1 N–H and O–H groups in total. The second-order valence-corrected chi connectivity index (χ2v) is 3.86. The van der Waals surface area contributed by atoms with Gasteiger partial charge in [0, 0.05) is 26.5 Å². The predicted octanol–water partition coefficient (Wildman–Crippen LogP) is 2.60. The second-order valence-electron chi connectivity index (χ2n) is 3.06. The van der Waals surface area contributed by atoms with E-state index in [4.69, 9.17) is 4.74 Å². The van der Waals surface area contributed by atoms with E-state index >= 15 is 0 Å². The molecule has 0 aromatic carbocycles. The summed E-state index contributed by atoms with van der Waals surface area (Å²) in [4.78, 5) is 4.24. The summed E-state index contributed by atoms with van der Waals surface area (Å²) in [7, 11) is 1.71. The highest BCUT2D eigenvalue weighted by atomic mass is 79.9. The van der Waals surface area contributed by atoms with Gasteiger partial charge in [-0.05, 0) is 40.9 Å². The van der Waals surface area contributed by atoms with Gasteiger partial charge in [0.15, 0.2) is 0 Å². The average Bonchev–Trinajstić information content (AvgIpc) is 2.19. The monoisotopic (exact) mass is 258 g/mol. The molecule has 0 aliphatic carbocycles. The molecule has 0 saturated carbocycles. The van der Waals surface area contributed by atoms with Gasteiger partial charge in [0.05, 0.1) is 4.47 Å². The van der Waals surface area contributed by atoms with Crippen molar-refractivity contribution in [2.75, 3.05) is 25.6 Å². The van der Waals surface area contributed by atoms with Crippen molar-refractivity contribution in [1.29, 1.82) is 0 Å². The molecule has 0 fully saturated rings. The zero-order valence-electron chi connectivity index (χ0n) is 8.51. The van der Waals surface area contributed by atoms with Crippen molar-refractivity contribution in [3.8, 4) is 0 Å². The maximum Gasteiger partial charge on any atom is 0.140 e. The lowest BCUT2D eigenvalue weighted by atomic mass is 10.3.